The second-order valence-electron chi connectivity index (χ2n) is 3.74. The largest absolute Gasteiger partial charge is 0.440 e. The minimum Gasteiger partial charge on any atom is -0.440 e. The molecule has 1 aromatic carbocycles. The molecule has 80 valence electrons. The number of hydrogen-bond acceptors (Lipinski definition) is 3. The number of nitrogens with two attached hydrogens (primary N) is 1. The van der Waals surface area contributed by atoms with E-state index in [1.54, 1.807) is 0 Å². The number of hydrogen-bond donors (Lipinski definition) is 1. The normalized spacial score (nSPS) is 11.1. The molecule has 0 bridgehead atoms. The fourth-order valence-electron chi connectivity index (χ4n) is 1.76. The Morgan fingerprint density at radius 3 is 2.80 bits per heavy atom. The highest BCUT2D eigenvalue weighted by atomic mass is 16.3. The van der Waals surface area contributed by atoms with Crippen molar-refractivity contribution in [3.05, 3.63) is 23.6 Å². The number of aryl methyl sites for hydroxylation is 2. The molecule has 0 atom stereocenters. The minimum absolute atomic E-state index is 0.760. The highest BCUT2D eigenvalue weighted by molar-refractivity contribution is 5.80. The average molecular weight is 204 g/mol. The summed E-state index contributed by atoms with van der Waals surface area (Å²) in [6.07, 6.45) is 2.85. The van der Waals surface area contributed by atoms with Gasteiger partial charge < -0.3 is 10.2 Å². The van der Waals surface area contributed by atoms with E-state index in [2.05, 4.69) is 18.8 Å². The topological polar surface area (TPSA) is 52.0 Å². The summed E-state index contributed by atoms with van der Waals surface area (Å²) in [6.45, 7) is 4.21. The lowest BCUT2D eigenvalue weighted by atomic mass is 10.1. The minimum atomic E-state index is 0.760. The Morgan fingerprint density at radius 2 is 2.13 bits per heavy atom. The molecule has 1 heterocycles. The third kappa shape index (κ3) is 1.82. The smallest absolute Gasteiger partial charge is 0.195 e. The van der Waals surface area contributed by atoms with Crippen LogP contribution in [0.2, 0.25) is 0 Å². The van der Waals surface area contributed by atoms with Gasteiger partial charge in [0.05, 0.1) is 0 Å². The van der Waals surface area contributed by atoms with Gasteiger partial charge in [0.15, 0.2) is 11.5 Å². The number of aromatic nitrogens is 1. The van der Waals surface area contributed by atoms with E-state index in [-0.39, 0.29) is 0 Å². The molecule has 0 unspecified atom stereocenters. The fourth-order valence-corrected chi connectivity index (χ4v) is 1.76. The zero-order valence-corrected chi connectivity index (χ0v) is 9.21. The van der Waals surface area contributed by atoms with Gasteiger partial charge in [0.2, 0.25) is 0 Å². The third-order valence-electron chi connectivity index (χ3n) is 2.48. The molecule has 0 radical (unpaired) electrons. The number of fused-ring (bicyclic) bond motifs is 1. The lowest BCUT2D eigenvalue weighted by molar-refractivity contribution is 0.523. The molecule has 0 fully saturated rings. The Labute approximate surface area is 89.3 Å². The van der Waals surface area contributed by atoms with Gasteiger partial charge in [-0.2, -0.15) is 0 Å². The van der Waals surface area contributed by atoms with Crippen LogP contribution in [-0.2, 0) is 12.8 Å². The Balaban J connectivity index is 2.58. The zero-order valence-electron chi connectivity index (χ0n) is 9.21. The number of rotatable bonds is 3. The first kappa shape index (κ1) is 10.0. The molecule has 0 saturated heterocycles. The average Bonchev–Trinajstić information content (AvgIpc) is 2.59. The number of nitrogen functional groups attached to an aromatic ring is 1. The van der Waals surface area contributed by atoms with Crippen molar-refractivity contribution >= 4 is 16.8 Å². The highest BCUT2D eigenvalue weighted by Crippen LogP contribution is 2.24. The van der Waals surface area contributed by atoms with Crippen LogP contribution in [0.3, 0.4) is 0 Å². The first-order valence-electron chi connectivity index (χ1n) is 5.42. The SMILES string of the molecule is CCCc1nc2cc(N)cc(CC)c2o1. The summed E-state index contributed by atoms with van der Waals surface area (Å²) in [6, 6.07) is 3.83. The summed E-state index contributed by atoms with van der Waals surface area (Å²) in [4.78, 5) is 4.43. The molecule has 2 rings (SSSR count). The molecule has 2 aromatic rings. The second-order valence-corrected chi connectivity index (χ2v) is 3.74. The van der Waals surface area contributed by atoms with Crippen LogP contribution in [0.25, 0.3) is 11.1 Å². The summed E-state index contributed by atoms with van der Waals surface area (Å²) in [5.41, 5.74) is 9.48. The quantitative estimate of drug-likeness (QED) is 0.782. The predicted octanol–water partition coefficient (Wildman–Crippen LogP) is 2.92. The van der Waals surface area contributed by atoms with Crippen molar-refractivity contribution in [2.75, 3.05) is 5.73 Å². The molecule has 1 aromatic heterocycles. The van der Waals surface area contributed by atoms with Gasteiger partial charge in [-0.3, -0.25) is 0 Å². The van der Waals surface area contributed by atoms with E-state index in [0.29, 0.717) is 0 Å². The van der Waals surface area contributed by atoms with Gasteiger partial charge in [0.25, 0.3) is 0 Å². The number of benzene rings is 1. The van der Waals surface area contributed by atoms with Crippen molar-refractivity contribution in [3.8, 4) is 0 Å². The molecule has 0 aliphatic carbocycles. The van der Waals surface area contributed by atoms with Crippen molar-refractivity contribution in [2.45, 2.75) is 33.1 Å². The van der Waals surface area contributed by atoms with Crippen LogP contribution in [0.15, 0.2) is 16.5 Å². The summed E-state index contributed by atoms with van der Waals surface area (Å²) in [5, 5.41) is 0. The third-order valence-corrected chi connectivity index (χ3v) is 2.48. The lowest BCUT2D eigenvalue weighted by Crippen LogP contribution is -1.88. The monoisotopic (exact) mass is 204 g/mol. The molecule has 0 spiro atoms. The Kier molecular flexibility index (Phi) is 2.62. The van der Waals surface area contributed by atoms with E-state index in [1.165, 1.54) is 0 Å². The van der Waals surface area contributed by atoms with E-state index in [4.69, 9.17) is 10.2 Å². The van der Waals surface area contributed by atoms with Crippen molar-refractivity contribution in [1.82, 2.24) is 4.98 Å². The lowest BCUT2D eigenvalue weighted by Gasteiger charge is -1.98. The molecule has 0 aliphatic heterocycles. The molecule has 3 nitrogen and oxygen atoms in total. The summed E-state index contributed by atoms with van der Waals surface area (Å²) < 4.78 is 5.72. The summed E-state index contributed by atoms with van der Waals surface area (Å²) in [7, 11) is 0. The van der Waals surface area contributed by atoms with Crippen molar-refractivity contribution in [2.24, 2.45) is 0 Å². The Morgan fingerprint density at radius 1 is 1.33 bits per heavy atom. The van der Waals surface area contributed by atoms with Gasteiger partial charge in [-0.15, -0.1) is 0 Å². The molecule has 0 saturated carbocycles. The zero-order chi connectivity index (χ0) is 10.8. The van der Waals surface area contributed by atoms with E-state index < -0.39 is 0 Å². The van der Waals surface area contributed by atoms with Crippen molar-refractivity contribution in [3.63, 3.8) is 0 Å². The van der Waals surface area contributed by atoms with Gasteiger partial charge in [-0.25, -0.2) is 4.98 Å². The van der Waals surface area contributed by atoms with Crippen LogP contribution < -0.4 is 5.73 Å². The first-order chi connectivity index (χ1) is 7.24. The number of anilines is 1. The van der Waals surface area contributed by atoms with E-state index in [1.807, 2.05) is 12.1 Å². The number of nitrogens with zero attached hydrogens (tertiary/aromatic N) is 1. The van der Waals surface area contributed by atoms with E-state index in [9.17, 15) is 0 Å². The standard InChI is InChI=1S/C12H16N2O/c1-3-5-11-14-10-7-9(13)6-8(4-2)12(10)15-11/h6-7H,3-5,13H2,1-2H3. The van der Waals surface area contributed by atoms with Gasteiger partial charge in [0.1, 0.15) is 5.52 Å². The predicted molar refractivity (Wildman–Crippen MR) is 61.8 cm³/mol. The fraction of sp³-hybridized carbons (Fsp3) is 0.417. The molecule has 0 aliphatic rings. The van der Waals surface area contributed by atoms with Crippen LogP contribution in [0.1, 0.15) is 31.7 Å². The molecular formula is C12H16N2O. The highest BCUT2D eigenvalue weighted by Gasteiger charge is 2.09. The van der Waals surface area contributed by atoms with Gasteiger partial charge in [-0.1, -0.05) is 13.8 Å². The van der Waals surface area contributed by atoms with Crippen LogP contribution >= 0.6 is 0 Å². The Bertz CT molecular complexity index is 474. The van der Waals surface area contributed by atoms with Crippen LogP contribution in [0.4, 0.5) is 5.69 Å². The summed E-state index contributed by atoms with van der Waals surface area (Å²) in [5.74, 6) is 0.813. The first-order valence-corrected chi connectivity index (χ1v) is 5.42. The molecule has 0 amide bonds. The maximum atomic E-state index is 5.80. The Hall–Kier alpha value is -1.51. The van der Waals surface area contributed by atoms with Crippen molar-refractivity contribution < 1.29 is 4.42 Å². The number of oxazole rings is 1. The van der Waals surface area contributed by atoms with E-state index >= 15 is 0 Å². The van der Waals surface area contributed by atoms with Crippen LogP contribution in [-0.4, -0.2) is 4.98 Å². The summed E-state index contributed by atoms with van der Waals surface area (Å²) >= 11 is 0. The van der Waals surface area contributed by atoms with Gasteiger partial charge >= 0.3 is 0 Å². The van der Waals surface area contributed by atoms with Crippen LogP contribution in [0, 0.1) is 0 Å². The van der Waals surface area contributed by atoms with Gasteiger partial charge in [0, 0.05) is 12.1 Å². The van der Waals surface area contributed by atoms with E-state index in [0.717, 1.165) is 47.5 Å². The molecule has 15 heavy (non-hydrogen) atoms. The molecular weight excluding hydrogens is 188 g/mol. The van der Waals surface area contributed by atoms with Gasteiger partial charge in [-0.05, 0) is 30.5 Å². The molecule has 3 heteroatoms. The second kappa shape index (κ2) is 3.93. The van der Waals surface area contributed by atoms with Crippen molar-refractivity contribution in [1.29, 1.82) is 0 Å². The maximum Gasteiger partial charge on any atom is 0.195 e. The maximum absolute atomic E-state index is 5.80. The molecule has 2 N–H and O–H groups in total. The van der Waals surface area contributed by atoms with Crippen LogP contribution in [0.5, 0.6) is 0 Å².